The molecule has 0 unspecified atom stereocenters. The second kappa shape index (κ2) is 4.78. The average Bonchev–Trinajstić information content (AvgIpc) is 2.15. The van der Waals surface area contributed by atoms with Gasteiger partial charge in [-0.15, -0.1) is 0 Å². The van der Waals surface area contributed by atoms with Crippen molar-refractivity contribution in [2.75, 3.05) is 25.1 Å². The molecule has 0 bridgehead atoms. The van der Waals surface area contributed by atoms with Crippen molar-refractivity contribution < 1.29 is 4.74 Å². The molecule has 2 heteroatoms. The van der Waals surface area contributed by atoms with Crippen molar-refractivity contribution >= 4 is 5.69 Å². The first-order valence-electron chi connectivity index (χ1n) is 3.98. The van der Waals surface area contributed by atoms with Crippen molar-refractivity contribution in [3.63, 3.8) is 0 Å². The quantitative estimate of drug-likeness (QED) is 0.674. The standard InChI is InChI=1S/C10H14NO/c1-11(8-9-12-2)10-6-4-3-5-7-10/h3-7H,2,8-9H2,1H3. The summed E-state index contributed by atoms with van der Waals surface area (Å²) in [6.07, 6.45) is 0. The molecular weight excluding hydrogens is 150 g/mol. The van der Waals surface area contributed by atoms with Gasteiger partial charge in [-0.05, 0) is 12.1 Å². The smallest absolute Gasteiger partial charge is 0.0701 e. The number of para-hydroxylation sites is 1. The predicted molar refractivity (Wildman–Crippen MR) is 51.0 cm³/mol. The fourth-order valence-corrected chi connectivity index (χ4v) is 1.01. The van der Waals surface area contributed by atoms with Gasteiger partial charge in [0, 0.05) is 19.3 Å². The van der Waals surface area contributed by atoms with Gasteiger partial charge in [-0.25, -0.2) is 0 Å². The Morgan fingerprint density at radius 2 is 2.00 bits per heavy atom. The average molecular weight is 164 g/mol. The van der Waals surface area contributed by atoms with Crippen LogP contribution in [0.5, 0.6) is 0 Å². The number of anilines is 1. The summed E-state index contributed by atoms with van der Waals surface area (Å²) in [7, 11) is 5.36. The summed E-state index contributed by atoms with van der Waals surface area (Å²) in [6, 6.07) is 10.2. The number of hydrogen-bond donors (Lipinski definition) is 0. The van der Waals surface area contributed by atoms with E-state index in [9.17, 15) is 0 Å². The summed E-state index contributed by atoms with van der Waals surface area (Å²) < 4.78 is 4.74. The van der Waals surface area contributed by atoms with Gasteiger partial charge in [0.15, 0.2) is 0 Å². The zero-order valence-corrected chi connectivity index (χ0v) is 7.36. The van der Waals surface area contributed by atoms with Gasteiger partial charge in [-0.3, -0.25) is 0 Å². The molecule has 0 N–H and O–H groups in total. The van der Waals surface area contributed by atoms with Gasteiger partial charge in [0.1, 0.15) is 0 Å². The van der Waals surface area contributed by atoms with Crippen LogP contribution < -0.4 is 4.90 Å². The van der Waals surface area contributed by atoms with Crippen molar-refractivity contribution in [3.8, 4) is 0 Å². The highest BCUT2D eigenvalue weighted by atomic mass is 16.5. The lowest BCUT2D eigenvalue weighted by atomic mass is 10.3. The molecule has 0 fully saturated rings. The normalized spacial score (nSPS) is 9.83. The van der Waals surface area contributed by atoms with Crippen LogP contribution in [0.1, 0.15) is 0 Å². The summed E-state index contributed by atoms with van der Waals surface area (Å²) in [6.45, 7) is 1.53. The number of ether oxygens (including phenoxy) is 1. The maximum atomic E-state index is 4.74. The number of nitrogens with zero attached hydrogens (tertiary/aromatic N) is 1. The maximum Gasteiger partial charge on any atom is 0.0701 e. The number of rotatable bonds is 4. The van der Waals surface area contributed by atoms with Gasteiger partial charge in [0.25, 0.3) is 0 Å². The van der Waals surface area contributed by atoms with Crippen molar-refractivity contribution in [1.82, 2.24) is 0 Å². The van der Waals surface area contributed by atoms with Crippen molar-refractivity contribution in [2.24, 2.45) is 0 Å². The summed E-state index contributed by atoms with van der Waals surface area (Å²) in [5.41, 5.74) is 1.20. The molecule has 0 aliphatic rings. The topological polar surface area (TPSA) is 12.5 Å². The Morgan fingerprint density at radius 3 is 2.58 bits per heavy atom. The molecule has 0 aliphatic carbocycles. The Hall–Kier alpha value is -1.02. The fourth-order valence-electron chi connectivity index (χ4n) is 1.01. The summed E-state index contributed by atoms with van der Waals surface area (Å²) in [5, 5.41) is 0. The van der Waals surface area contributed by atoms with Crippen molar-refractivity contribution in [2.45, 2.75) is 0 Å². The fraction of sp³-hybridized carbons (Fsp3) is 0.300. The zero-order chi connectivity index (χ0) is 8.81. The maximum absolute atomic E-state index is 4.74. The van der Waals surface area contributed by atoms with Crippen molar-refractivity contribution in [1.29, 1.82) is 0 Å². The van der Waals surface area contributed by atoms with E-state index >= 15 is 0 Å². The molecule has 1 aromatic carbocycles. The second-order valence-electron chi connectivity index (χ2n) is 2.67. The molecule has 65 valence electrons. The van der Waals surface area contributed by atoms with Gasteiger partial charge in [0.05, 0.1) is 13.7 Å². The third-order valence-corrected chi connectivity index (χ3v) is 1.77. The molecule has 1 radical (unpaired) electrons. The summed E-state index contributed by atoms with van der Waals surface area (Å²) in [5.74, 6) is 0. The number of hydrogen-bond acceptors (Lipinski definition) is 2. The largest absolute Gasteiger partial charge is 0.377 e. The molecule has 0 amide bonds. The first kappa shape index (κ1) is 9.07. The van der Waals surface area contributed by atoms with Gasteiger partial charge >= 0.3 is 0 Å². The Bertz CT molecular complexity index is 210. The lowest BCUT2D eigenvalue weighted by Gasteiger charge is -2.18. The van der Waals surface area contributed by atoms with Crippen LogP contribution in [0.25, 0.3) is 0 Å². The Labute approximate surface area is 73.8 Å². The van der Waals surface area contributed by atoms with Crippen LogP contribution in [0.4, 0.5) is 5.69 Å². The molecule has 1 aromatic rings. The molecule has 0 saturated heterocycles. The second-order valence-corrected chi connectivity index (χ2v) is 2.67. The highest BCUT2D eigenvalue weighted by Gasteiger charge is 1.96. The van der Waals surface area contributed by atoms with Crippen LogP contribution in [0, 0.1) is 7.11 Å². The Balaban J connectivity index is 2.48. The van der Waals surface area contributed by atoms with E-state index in [2.05, 4.69) is 24.1 Å². The first-order valence-corrected chi connectivity index (χ1v) is 3.98. The lowest BCUT2D eigenvalue weighted by molar-refractivity contribution is 0.250. The van der Waals surface area contributed by atoms with Crippen LogP contribution in [-0.2, 0) is 4.74 Å². The first-order chi connectivity index (χ1) is 5.84. The van der Waals surface area contributed by atoms with E-state index in [1.165, 1.54) is 5.69 Å². The molecule has 0 saturated carbocycles. The molecule has 1 rings (SSSR count). The Kier molecular flexibility index (Phi) is 3.61. The van der Waals surface area contributed by atoms with Gasteiger partial charge in [-0.2, -0.15) is 0 Å². The molecular formula is C10H14NO. The SMILES string of the molecule is [CH2]OCCN(C)c1ccccc1. The third-order valence-electron chi connectivity index (χ3n) is 1.77. The highest BCUT2D eigenvalue weighted by Crippen LogP contribution is 2.09. The monoisotopic (exact) mass is 164 g/mol. The van der Waals surface area contributed by atoms with E-state index < -0.39 is 0 Å². The molecule has 0 aliphatic heterocycles. The van der Waals surface area contributed by atoms with E-state index in [4.69, 9.17) is 4.74 Å². The van der Waals surface area contributed by atoms with Gasteiger partial charge in [0.2, 0.25) is 0 Å². The summed E-state index contributed by atoms with van der Waals surface area (Å²) >= 11 is 0. The van der Waals surface area contributed by atoms with Crippen LogP contribution >= 0.6 is 0 Å². The molecule has 0 spiro atoms. The molecule has 0 aromatic heterocycles. The van der Waals surface area contributed by atoms with E-state index in [0.29, 0.717) is 6.61 Å². The van der Waals surface area contributed by atoms with Gasteiger partial charge < -0.3 is 9.64 Å². The van der Waals surface area contributed by atoms with Crippen molar-refractivity contribution in [3.05, 3.63) is 37.4 Å². The third kappa shape index (κ3) is 2.55. The van der Waals surface area contributed by atoms with E-state index in [1.54, 1.807) is 0 Å². The molecule has 2 nitrogen and oxygen atoms in total. The van der Waals surface area contributed by atoms with Crippen LogP contribution in [0.2, 0.25) is 0 Å². The van der Waals surface area contributed by atoms with E-state index in [1.807, 2.05) is 25.2 Å². The van der Waals surface area contributed by atoms with E-state index in [0.717, 1.165) is 6.54 Å². The minimum Gasteiger partial charge on any atom is -0.377 e. The van der Waals surface area contributed by atoms with Gasteiger partial charge in [-0.1, -0.05) is 18.2 Å². The zero-order valence-electron chi connectivity index (χ0n) is 7.36. The minimum absolute atomic E-state index is 0.658. The van der Waals surface area contributed by atoms with Crippen LogP contribution in [0.3, 0.4) is 0 Å². The Morgan fingerprint density at radius 1 is 1.33 bits per heavy atom. The molecule has 12 heavy (non-hydrogen) atoms. The minimum atomic E-state index is 0.658. The summed E-state index contributed by atoms with van der Waals surface area (Å²) in [4.78, 5) is 2.13. The van der Waals surface area contributed by atoms with E-state index in [-0.39, 0.29) is 0 Å². The number of likely N-dealkylation sites (N-methyl/N-ethyl adjacent to an activating group) is 1. The molecule has 0 heterocycles. The highest BCUT2D eigenvalue weighted by molar-refractivity contribution is 5.44. The lowest BCUT2D eigenvalue weighted by Crippen LogP contribution is -2.21. The number of benzene rings is 1. The van der Waals surface area contributed by atoms with Crippen LogP contribution in [0.15, 0.2) is 30.3 Å². The predicted octanol–water partition coefficient (Wildman–Crippen LogP) is 1.93. The van der Waals surface area contributed by atoms with Crippen LogP contribution in [-0.4, -0.2) is 20.2 Å². The molecule has 0 atom stereocenters.